The third-order valence-corrected chi connectivity index (χ3v) is 4.42. The number of fused-ring (bicyclic) bond motifs is 1. The Morgan fingerprint density at radius 3 is 2.39 bits per heavy atom. The van der Waals surface area contributed by atoms with Crippen molar-refractivity contribution < 1.29 is 19.5 Å². The monoisotopic (exact) mass is 319 g/mol. The summed E-state index contributed by atoms with van der Waals surface area (Å²) in [6.45, 7) is 5.25. The van der Waals surface area contributed by atoms with E-state index in [9.17, 15) is 14.4 Å². The van der Waals surface area contributed by atoms with E-state index in [1.165, 1.54) is 14.0 Å². The van der Waals surface area contributed by atoms with Crippen LogP contribution >= 0.6 is 0 Å². The summed E-state index contributed by atoms with van der Waals surface area (Å²) in [5.74, 6) is -0.517. The minimum atomic E-state index is -1.14. The summed E-state index contributed by atoms with van der Waals surface area (Å²) in [6, 6.07) is 4.32. The number of anilines is 1. The van der Waals surface area contributed by atoms with Gasteiger partial charge in [0.15, 0.2) is 0 Å². The maximum absolute atomic E-state index is 12.0. The largest absolute Gasteiger partial charge is 0.465 e. The first-order chi connectivity index (χ1) is 10.8. The highest BCUT2D eigenvalue weighted by molar-refractivity contribution is 5.97. The van der Waals surface area contributed by atoms with Crippen molar-refractivity contribution >= 4 is 23.6 Å². The maximum atomic E-state index is 12.0. The summed E-state index contributed by atoms with van der Waals surface area (Å²) in [5.41, 5.74) is 1.69. The lowest BCUT2D eigenvalue weighted by Crippen LogP contribution is -2.50. The van der Waals surface area contributed by atoms with Gasteiger partial charge >= 0.3 is 6.09 Å². The zero-order valence-corrected chi connectivity index (χ0v) is 13.6. The summed E-state index contributed by atoms with van der Waals surface area (Å²) in [4.78, 5) is 36.7. The summed E-state index contributed by atoms with van der Waals surface area (Å²) in [5, 5.41) is 14.2. The number of hydrogen-bond acceptors (Lipinski definition) is 3. The van der Waals surface area contributed by atoms with Crippen molar-refractivity contribution in [3.05, 3.63) is 29.3 Å². The number of nitrogens with one attached hydrogen (secondary N) is 2. The number of benzene rings is 1. The second-order valence-corrected chi connectivity index (χ2v) is 5.77. The fourth-order valence-electron chi connectivity index (χ4n) is 3.12. The standard InChI is InChI=1S/C16H21N3O4/c1-8-9(2)19(10(3)20)13-6-5-11(15(21)17-4)7-12(13)14(8)18-16(22)23/h5-9,14,18H,1-4H3,(H,17,21)(H,22,23)/t8-,9-,14+/m0/s1. The van der Waals surface area contributed by atoms with Gasteiger partial charge in [-0.15, -0.1) is 0 Å². The predicted molar refractivity (Wildman–Crippen MR) is 85.5 cm³/mol. The molecule has 3 atom stereocenters. The van der Waals surface area contributed by atoms with Crippen LogP contribution in [0, 0.1) is 5.92 Å². The molecule has 0 aromatic heterocycles. The summed E-state index contributed by atoms with van der Waals surface area (Å²) in [6.07, 6.45) is -1.14. The molecule has 0 unspecified atom stereocenters. The number of hydrogen-bond donors (Lipinski definition) is 3. The van der Waals surface area contributed by atoms with Gasteiger partial charge in [-0.25, -0.2) is 4.79 Å². The molecule has 1 aliphatic heterocycles. The van der Waals surface area contributed by atoms with Crippen LogP contribution in [-0.4, -0.2) is 36.1 Å². The smallest absolute Gasteiger partial charge is 0.405 e. The maximum Gasteiger partial charge on any atom is 0.405 e. The Kier molecular flexibility index (Phi) is 4.58. The van der Waals surface area contributed by atoms with E-state index in [2.05, 4.69) is 10.6 Å². The molecule has 3 amide bonds. The minimum Gasteiger partial charge on any atom is -0.465 e. The molecule has 0 bridgehead atoms. The Balaban J connectivity index is 2.61. The summed E-state index contributed by atoms with van der Waals surface area (Å²) >= 11 is 0. The van der Waals surface area contributed by atoms with E-state index in [1.54, 1.807) is 23.1 Å². The fourth-order valence-corrected chi connectivity index (χ4v) is 3.12. The van der Waals surface area contributed by atoms with E-state index in [1.807, 2.05) is 13.8 Å². The fraction of sp³-hybridized carbons (Fsp3) is 0.438. The molecule has 23 heavy (non-hydrogen) atoms. The Morgan fingerprint density at radius 2 is 1.87 bits per heavy atom. The van der Waals surface area contributed by atoms with Gasteiger partial charge in [0.05, 0.1) is 6.04 Å². The quantitative estimate of drug-likeness (QED) is 0.773. The molecule has 3 N–H and O–H groups in total. The van der Waals surface area contributed by atoms with Crippen molar-refractivity contribution in [3.63, 3.8) is 0 Å². The van der Waals surface area contributed by atoms with Crippen LogP contribution in [0.25, 0.3) is 0 Å². The lowest BCUT2D eigenvalue weighted by atomic mass is 9.82. The van der Waals surface area contributed by atoms with Crippen molar-refractivity contribution in [1.82, 2.24) is 10.6 Å². The van der Waals surface area contributed by atoms with Crippen molar-refractivity contribution in [2.24, 2.45) is 5.92 Å². The predicted octanol–water partition coefficient (Wildman–Crippen LogP) is 1.75. The van der Waals surface area contributed by atoms with Crippen LogP contribution in [0.5, 0.6) is 0 Å². The molecule has 1 aliphatic rings. The Morgan fingerprint density at radius 1 is 1.22 bits per heavy atom. The molecule has 0 saturated carbocycles. The molecule has 0 fully saturated rings. The molecular formula is C16H21N3O4. The van der Waals surface area contributed by atoms with Crippen molar-refractivity contribution in [1.29, 1.82) is 0 Å². The van der Waals surface area contributed by atoms with Crippen molar-refractivity contribution in [2.75, 3.05) is 11.9 Å². The first kappa shape index (κ1) is 16.8. The molecule has 1 aromatic rings. The normalized spacial score (nSPS) is 23.0. The average Bonchev–Trinajstić information content (AvgIpc) is 2.50. The van der Waals surface area contributed by atoms with Gasteiger partial charge in [0.2, 0.25) is 5.91 Å². The second kappa shape index (κ2) is 6.28. The van der Waals surface area contributed by atoms with Gasteiger partial charge < -0.3 is 20.6 Å². The van der Waals surface area contributed by atoms with Crippen LogP contribution in [-0.2, 0) is 4.79 Å². The number of carboxylic acid groups (broad SMARTS) is 1. The lowest BCUT2D eigenvalue weighted by molar-refractivity contribution is -0.117. The second-order valence-electron chi connectivity index (χ2n) is 5.77. The molecule has 0 aliphatic carbocycles. The lowest BCUT2D eigenvalue weighted by Gasteiger charge is -2.43. The van der Waals surface area contributed by atoms with E-state index in [4.69, 9.17) is 5.11 Å². The minimum absolute atomic E-state index is 0.118. The molecule has 124 valence electrons. The first-order valence-electron chi connectivity index (χ1n) is 7.43. The molecular weight excluding hydrogens is 298 g/mol. The van der Waals surface area contributed by atoms with Gasteiger partial charge in [0, 0.05) is 37.2 Å². The third kappa shape index (κ3) is 2.99. The molecule has 0 radical (unpaired) electrons. The Bertz CT molecular complexity index is 659. The van der Waals surface area contributed by atoms with Crippen molar-refractivity contribution in [3.8, 4) is 0 Å². The number of rotatable bonds is 2. The third-order valence-electron chi connectivity index (χ3n) is 4.42. The molecule has 1 heterocycles. The van der Waals surface area contributed by atoms with E-state index >= 15 is 0 Å². The van der Waals surface area contributed by atoms with Gasteiger partial charge in [0.25, 0.3) is 5.91 Å². The Hall–Kier alpha value is -2.57. The van der Waals surface area contributed by atoms with Crippen LogP contribution < -0.4 is 15.5 Å². The van der Waals surface area contributed by atoms with E-state index in [0.717, 1.165) is 0 Å². The molecule has 7 heteroatoms. The molecule has 0 spiro atoms. The van der Waals surface area contributed by atoms with Gasteiger partial charge in [-0.2, -0.15) is 0 Å². The molecule has 1 aromatic carbocycles. The summed E-state index contributed by atoms with van der Waals surface area (Å²) in [7, 11) is 1.53. The van der Waals surface area contributed by atoms with Gasteiger partial charge in [-0.1, -0.05) is 6.92 Å². The zero-order valence-electron chi connectivity index (χ0n) is 13.6. The van der Waals surface area contributed by atoms with Crippen LogP contribution in [0.4, 0.5) is 10.5 Å². The highest BCUT2D eigenvalue weighted by atomic mass is 16.4. The van der Waals surface area contributed by atoms with Gasteiger partial charge in [0.1, 0.15) is 0 Å². The van der Waals surface area contributed by atoms with E-state index in [0.29, 0.717) is 16.8 Å². The Labute approximate surface area is 134 Å². The van der Waals surface area contributed by atoms with Crippen molar-refractivity contribution in [2.45, 2.75) is 32.9 Å². The number of amides is 3. The average molecular weight is 319 g/mol. The topological polar surface area (TPSA) is 98.7 Å². The van der Waals surface area contributed by atoms with E-state index < -0.39 is 12.1 Å². The molecule has 2 rings (SSSR count). The number of nitrogens with zero attached hydrogens (tertiary/aromatic N) is 1. The highest BCUT2D eigenvalue weighted by Gasteiger charge is 2.39. The van der Waals surface area contributed by atoms with Gasteiger partial charge in [-0.3, -0.25) is 9.59 Å². The molecule has 7 nitrogen and oxygen atoms in total. The highest BCUT2D eigenvalue weighted by Crippen LogP contribution is 2.41. The van der Waals surface area contributed by atoms with Crippen LogP contribution in [0.1, 0.15) is 42.7 Å². The first-order valence-corrected chi connectivity index (χ1v) is 7.43. The summed E-state index contributed by atoms with van der Waals surface area (Å²) < 4.78 is 0. The van der Waals surface area contributed by atoms with Crippen LogP contribution in [0.3, 0.4) is 0 Å². The zero-order chi connectivity index (χ0) is 17.3. The molecule has 0 saturated heterocycles. The van der Waals surface area contributed by atoms with E-state index in [-0.39, 0.29) is 23.8 Å². The van der Waals surface area contributed by atoms with Gasteiger partial charge in [-0.05, 0) is 30.7 Å². The number of carbonyl (C=O) groups excluding carboxylic acids is 2. The van der Waals surface area contributed by atoms with Crippen LogP contribution in [0.15, 0.2) is 18.2 Å². The number of carbonyl (C=O) groups is 3. The van der Waals surface area contributed by atoms with Crippen LogP contribution in [0.2, 0.25) is 0 Å². The SMILES string of the molecule is CNC(=O)c1ccc2c(c1)[C@H](NC(=O)O)[C@@H](C)[C@H](C)N2C(C)=O.